The molecule has 36 heavy (non-hydrogen) atoms. The normalized spacial score (nSPS) is 34.6. The maximum absolute atomic E-state index is 14.4. The lowest BCUT2D eigenvalue weighted by molar-refractivity contribution is -0.156. The predicted molar refractivity (Wildman–Crippen MR) is 134 cm³/mol. The number of carbonyl (C=O) groups excluding carboxylic acids is 3. The first-order valence-electron chi connectivity index (χ1n) is 12.7. The number of hydrogen-bond acceptors (Lipinski definition) is 5. The maximum atomic E-state index is 14.4. The lowest BCUT2D eigenvalue weighted by atomic mass is 9.74. The molecule has 1 unspecified atom stereocenters. The van der Waals surface area contributed by atoms with E-state index >= 15 is 0 Å². The summed E-state index contributed by atoms with van der Waals surface area (Å²) < 4.78 is 6.78. The van der Waals surface area contributed by atoms with Gasteiger partial charge in [0, 0.05) is 26.2 Å². The first-order chi connectivity index (χ1) is 17.1. The fraction of sp³-hybridized carbons (Fsp3) is 0.536. The number of ether oxygens (including phenoxy) is 1. The smallest absolute Gasteiger partial charge is 0.249 e. The van der Waals surface area contributed by atoms with Crippen molar-refractivity contribution in [3.8, 4) is 0 Å². The Morgan fingerprint density at radius 3 is 2.36 bits per heavy atom. The molecular formula is C28H35N3O5. The van der Waals surface area contributed by atoms with Crippen molar-refractivity contribution < 1.29 is 24.2 Å². The zero-order chi connectivity index (χ0) is 25.8. The third-order valence-corrected chi connectivity index (χ3v) is 8.27. The van der Waals surface area contributed by atoms with Crippen LogP contribution in [0.2, 0.25) is 0 Å². The molecule has 8 heteroatoms. The van der Waals surface area contributed by atoms with Crippen LogP contribution in [-0.4, -0.2) is 93.6 Å². The average molecular weight is 494 g/mol. The minimum absolute atomic E-state index is 0.0925. The molecule has 0 saturated carbocycles. The van der Waals surface area contributed by atoms with Gasteiger partial charge in [-0.3, -0.25) is 14.4 Å². The highest BCUT2D eigenvalue weighted by molar-refractivity contribution is 6.00. The Hall–Kier alpha value is -2.97. The van der Waals surface area contributed by atoms with Gasteiger partial charge >= 0.3 is 0 Å². The first-order valence-corrected chi connectivity index (χ1v) is 12.7. The summed E-state index contributed by atoms with van der Waals surface area (Å²) in [5, 5.41) is 10.5. The Morgan fingerprint density at radius 2 is 1.69 bits per heavy atom. The number of likely N-dealkylation sites (N-methyl/N-ethyl adjacent to an activating group) is 1. The molecule has 8 nitrogen and oxygen atoms in total. The van der Waals surface area contributed by atoms with Crippen molar-refractivity contribution in [2.24, 2.45) is 11.8 Å². The van der Waals surface area contributed by atoms with Crippen LogP contribution in [0.25, 0.3) is 0 Å². The van der Waals surface area contributed by atoms with Crippen LogP contribution >= 0.6 is 0 Å². The highest BCUT2D eigenvalue weighted by atomic mass is 16.5. The van der Waals surface area contributed by atoms with E-state index in [1.807, 2.05) is 75.4 Å². The molecule has 4 aliphatic rings. The number of aliphatic hydroxyl groups excluding tert-OH is 1. The van der Waals surface area contributed by atoms with Gasteiger partial charge < -0.3 is 24.5 Å². The number of nitrogens with zero attached hydrogens (tertiary/aromatic N) is 3. The predicted octanol–water partition coefficient (Wildman–Crippen LogP) is 1.40. The van der Waals surface area contributed by atoms with Crippen LogP contribution in [0.4, 0.5) is 0 Å². The van der Waals surface area contributed by atoms with Crippen LogP contribution in [0, 0.1) is 11.8 Å². The van der Waals surface area contributed by atoms with Gasteiger partial charge in [0.05, 0.1) is 30.1 Å². The summed E-state index contributed by atoms with van der Waals surface area (Å²) in [5.74, 6) is -2.36. The Morgan fingerprint density at radius 1 is 1.00 bits per heavy atom. The topological polar surface area (TPSA) is 90.4 Å². The lowest BCUT2D eigenvalue weighted by Crippen LogP contribution is -2.59. The van der Waals surface area contributed by atoms with Gasteiger partial charge in [-0.25, -0.2) is 0 Å². The highest BCUT2D eigenvalue weighted by Crippen LogP contribution is 2.57. The van der Waals surface area contributed by atoms with E-state index < -0.39 is 35.1 Å². The number of benzene rings is 1. The summed E-state index contributed by atoms with van der Waals surface area (Å²) in [4.78, 5) is 47.1. The number of carbonyl (C=O) groups is 3. The second kappa shape index (κ2) is 8.85. The minimum Gasteiger partial charge on any atom is -0.394 e. The van der Waals surface area contributed by atoms with Crippen molar-refractivity contribution in [2.45, 2.75) is 56.5 Å². The Labute approximate surface area is 212 Å². The zero-order valence-corrected chi connectivity index (χ0v) is 21.3. The highest BCUT2D eigenvalue weighted by Gasteiger charge is 2.75. The van der Waals surface area contributed by atoms with E-state index in [1.54, 1.807) is 16.8 Å². The molecule has 1 aromatic rings. The number of rotatable bonds is 5. The maximum Gasteiger partial charge on any atom is 0.249 e. The molecule has 6 atom stereocenters. The van der Waals surface area contributed by atoms with E-state index in [1.165, 1.54) is 4.90 Å². The SMILES string of the molecule is CC(C)N1CC=C[C@]23O[C@]4(C)C=CCN(C)C(=O)[C@@H]4[C@H]2C(=O)N([C@@H](CO)Cc2ccccc2)C3C1=O. The van der Waals surface area contributed by atoms with Gasteiger partial charge in [-0.05, 0) is 32.8 Å². The van der Waals surface area contributed by atoms with Crippen LogP contribution in [0.1, 0.15) is 26.3 Å². The number of hydrogen-bond donors (Lipinski definition) is 1. The van der Waals surface area contributed by atoms with Crippen LogP contribution in [0.3, 0.4) is 0 Å². The van der Waals surface area contributed by atoms with Gasteiger partial charge in [-0.1, -0.05) is 54.6 Å². The van der Waals surface area contributed by atoms with Gasteiger partial charge in [0.2, 0.25) is 17.7 Å². The van der Waals surface area contributed by atoms with E-state index in [2.05, 4.69) is 0 Å². The van der Waals surface area contributed by atoms with E-state index in [-0.39, 0.29) is 30.4 Å². The lowest BCUT2D eigenvalue weighted by Gasteiger charge is -2.40. The van der Waals surface area contributed by atoms with Crippen molar-refractivity contribution >= 4 is 17.7 Å². The van der Waals surface area contributed by atoms with Crippen LogP contribution in [0.5, 0.6) is 0 Å². The zero-order valence-electron chi connectivity index (χ0n) is 21.3. The minimum atomic E-state index is -1.31. The molecule has 192 valence electrons. The number of fused-ring (bicyclic) bond motifs is 2. The fourth-order valence-corrected chi connectivity index (χ4v) is 6.60. The molecule has 4 heterocycles. The van der Waals surface area contributed by atoms with Crippen LogP contribution in [-0.2, 0) is 25.5 Å². The summed E-state index contributed by atoms with van der Waals surface area (Å²) in [6, 6.07) is 7.90. The molecule has 0 bridgehead atoms. The van der Waals surface area contributed by atoms with Crippen molar-refractivity contribution in [3.63, 3.8) is 0 Å². The summed E-state index contributed by atoms with van der Waals surface area (Å²) in [6.45, 7) is 6.23. The Bertz CT molecular complexity index is 1120. The van der Waals surface area contributed by atoms with E-state index in [0.717, 1.165) is 5.56 Å². The molecule has 2 fully saturated rings. The third-order valence-electron chi connectivity index (χ3n) is 8.27. The van der Waals surface area contributed by atoms with Gasteiger partial charge in [-0.15, -0.1) is 0 Å². The van der Waals surface area contributed by atoms with Gasteiger partial charge in [-0.2, -0.15) is 0 Å². The molecule has 2 saturated heterocycles. The van der Waals surface area contributed by atoms with Crippen molar-refractivity contribution in [3.05, 3.63) is 60.2 Å². The van der Waals surface area contributed by atoms with Gasteiger partial charge in [0.1, 0.15) is 11.6 Å². The molecule has 5 rings (SSSR count). The Balaban J connectivity index is 1.66. The molecule has 3 amide bonds. The van der Waals surface area contributed by atoms with Crippen molar-refractivity contribution in [1.29, 1.82) is 0 Å². The second-order valence-electron chi connectivity index (χ2n) is 10.9. The molecule has 0 aliphatic carbocycles. The molecular weight excluding hydrogens is 458 g/mol. The standard InChI is InChI=1S/C28H35N3O5/c1-18(2)30-15-9-13-28-22(21-24(33)29(4)14-8-12-27(21,3)36-28)25(34)31(23(28)26(30)35)20(17-32)16-19-10-6-5-7-11-19/h5-13,18,20-23,32H,14-17H2,1-4H3/t20-,21+,22+,23?,27-,28+/m1/s1. The third kappa shape index (κ3) is 3.53. The quantitative estimate of drug-likeness (QED) is 0.627. The number of likely N-dealkylation sites (tertiary alicyclic amines) is 1. The van der Waals surface area contributed by atoms with E-state index in [4.69, 9.17) is 4.74 Å². The summed E-state index contributed by atoms with van der Waals surface area (Å²) in [6.07, 6.45) is 7.88. The molecule has 1 N–H and O–H groups in total. The van der Waals surface area contributed by atoms with Crippen molar-refractivity contribution in [1.82, 2.24) is 14.7 Å². The molecule has 1 spiro atoms. The van der Waals surface area contributed by atoms with Gasteiger partial charge in [0.15, 0.2) is 0 Å². The van der Waals surface area contributed by atoms with Crippen molar-refractivity contribution in [2.75, 3.05) is 26.7 Å². The molecule has 0 radical (unpaired) electrons. The second-order valence-corrected chi connectivity index (χ2v) is 10.9. The molecule has 4 aliphatic heterocycles. The fourth-order valence-electron chi connectivity index (χ4n) is 6.60. The van der Waals surface area contributed by atoms with E-state index in [0.29, 0.717) is 19.5 Å². The summed E-state index contributed by atoms with van der Waals surface area (Å²) >= 11 is 0. The summed E-state index contributed by atoms with van der Waals surface area (Å²) in [7, 11) is 1.72. The molecule has 0 aromatic heterocycles. The summed E-state index contributed by atoms with van der Waals surface area (Å²) in [5.41, 5.74) is -1.38. The molecule has 1 aromatic carbocycles. The van der Waals surface area contributed by atoms with Gasteiger partial charge in [0.25, 0.3) is 0 Å². The average Bonchev–Trinajstić information content (AvgIpc) is 3.12. The number of amides is 3. The monoisotopic (exact) mass is 493 g/mol. The van der Waals surface area contributed by atoms with Crippen LogP contribution in [0.15, 0.2) is 54.6 Å². The largest absolute Gasteiger partial charge is 0.394 e. The Kier molecular flexibility index (Phi) is 6.08. The van der Waals surface area contributed by atoms with E-state index in [9.17, 15) is 19.5 Å². The first kappa shape index (κ1) is 24.7. The number of aliphatic hydroxyl groups is 1. The van der Waals surface area contributed by atoms with Crippen LogP contribution < -0.4 is 0 Å².